The Morgan fingerprint density at radius 3 is 2.83 bits per heavy atom. The van der Waals surface area contributed by atoms with E-state index >= 15 is 0 Å². The van der Waals surface area contributed by atoms with Crippen LogP contribution >= 0.6 is 11.6 Å². The second-order valence-corrected chi connectivity index (χ2v) is 6.34. The number of hydrogen-bond donors (Lipinski definition) is 2. The van der Waals surface area contributed by atoms with Crippen LogP contribution in [0.15, 0.2) is 30.3 Å². The monoisotopic (exact) mass is 333 g/mol. The fraction of sp³-hybridized carbons (Fsp3) is 0.412. The van der Waals surface area contributed by atoms with Crippen LogP contribution in [0.2, 0.25) is 5.02 Å². The van der Waals surface area contributed by atoms with E-state index in [1.165, 1.54) is 0 Å². The average Bonchev–Trinajstić information content (AvgIpc) is 2.55. The van der Waals surface area contributed by atoms with E-state index in [0.29, 0.717) is 17.5 Å². The number of benzene rings is 1. The van der Waals surface area contributed by atoms with Crippen LogP contribution in [0.25, 0.3) is 10.9 Å². The molecular weight excluding hydrogens is 314 g/mol. The number of rotatable bonds is 4. The molecule has 1 amide bonds. The highest BCUT2D eigenvalue weighted by Gasteiger charge is 2.20. The molecule has 3 rings (SSSR count). The van der Waals surface area contributed by atoms with Gasteiger partial charge in [0.15, 0.2) is 0 Å². The van der Waals surface area contributed by atoms with E-state index in [2.05, 4.69) is 16.3 Å². The molecule has 0 unspecified atom stereocenters. The fourth-order valence-corrected chi connectivity index (χ4v) is 3.33. The van der Waals surface area contributed by atoms with E-state index in [0.717, 1.165) is 49.1 Å². The molecule has 0 saturated carbocycles. The smallest absolute Gasteiger partial charge is 0.404 e. The van der Waals surface area contributed by atoms with Crippen LogP contribution in [0.4, 0.5) is 10.6 Å². The predicted octanol–water partition coefficient (Wildman–Crippen LogP) is 3.76. The number of fused-ring (bicyclic) bond motifs is 1. The van der Waals surface area contributed by atoms with Crippen molar-refractivity contribution in [2.75, 3.05) is 24.5 Å². The molecule has 0 aliphatic carbocycles. The summed E-state index contributed by atoms with van der Waals surface area (Å²) in [5.41, 5.74) is 0.847. The lowest BCUT2D eigenvalue weighted by Crippen LogP contribution is -2.35. The van der Waals surface area contributed by atoms with E-state index in [-0.39, 0.29) is 0 Å². The van der Waals surface area contributed by atoms with Gasteiger partial charge in [0.1, 0.15) is 5.82 Å². The van der Waals surface area contributed by atoms with Crippen LogP contribution in [0.3, 0.4) is 0 Å². The summed E-state index contributed by atoms with van der Waals surface area (Å²) in [5.74, 6) is 1.54. The first kappa shape index (κ1) is 15.9. The Balaban J connectivity index is 1.61. The molecule has 5 nitrogen and oxygen atoms in total. The SMILES string of the molecule is O=C(O)NCCC1CCN(c2ccc3cccc(Cl)c3n2)CC1. The number of piperidine rings is 1. The van der Waals surface area contributed by atoms with Gasteiger partial charge in [-0.3, -0.25) is 0 Å². The highest BCUT2D eigenvalue weighted by atomic mass is 35.5. The summed E-state index contributed by atoms with van der Waals surface area (Å²) in [7, 11) is 0. The Morgan fingerprint density at radius 2 is 2.09 bits per heavy atom. The summed E-state index contributed by atoms with van der Waals surface area (Å²) < 4.78 is 0. The minimum atomic E-state index is -0.945. The van der Waals surface area contributed by atoms with Gasteiger partial charge in [0.05, 0.1) is 10.5 Å². The van der Waals surface area contributed by atoms with Gasteiger partial charge in [-0.1, -0.05) is 23.7 Å². The predicted molar refractivity (Wildman–Crippen MR) is 92.3 cm³/mol. The van der Waals surface area contributed by atoms with Gasteiger partial charge in [-0.2, -0.15) is 0 Å². The highest BCUT2D eigenvalue weighted by Crippen LogP contribution is 2.27. The Hall–Kier alpha value is -2.01. The molecule has 1 saturated heterocycles. The molecule has 1 aromatic carbocycles. The zero-order valence-corrected chi connectivity index (χ0v) is 13.6. The first-order chi connectivity index (χ1) is 11.1. The van der Waals surface area contributed by atoms with Crippen molar-refractivity contribution in [2.45, 2.75) is 19.3 Å². The van der Waals surface area contributed by atoms with Crippen molar-refractivity contribution in [2.24, 2.45) is 5.92 Å². The summed E-state index contributed by atoms with van der Waals surface area (Å²) in [4.78, 5) is 17.5. The van der Waals surface area contributed by atoms with Gasteiger partial charge in [0, 0.05) is 25.0 Å². The van der Waals surface area contributed by atoms with Gasteiger partial charge in [-0.05, 0) is 43.4 Å². The van der Waals surface area contributed by atoms with Crippen LogP contribution in [-0.4, -0.2) is 35.8 Å². The molecule has 1 aliphatic heterocycles. The molecule has 0 atom stereocenters. The standard InChI is InChI=1S/C17H20ClN3O2/c18-14-3-1-2-13-4-5-15(20-16(13)14)21-10-7-12(8-11-21)6-9-19-17(22)23/h1-5,12,19H,6-11H2,(H,22,23). The summed E-state index contributed by atoms with van der Waals surface area (Å²) in [6.07, 6.45) is 2.07. The molecule has 2 N–H and O–H groups in total. The fourth-order valence-electron chi connectivity index (χ4n) is 3.11. The first-order valence-corrected chi connectivity index (χ1v) is 8.28. The summed E-state index contributed by atoms with van der Waals surface area (Å²) in [6.45, 7) is 2.42. The number of nitrogens with one attached hydrogen (secondary N) is 1. The number of anilines is 1. The lowest BCUT2D eigenvalue weighted by Gasteiger charge is -2.33. The molecule has 2 heterocycles. The van der Waals surface area contributed by atoms with E-state index in [4.69, 9.17) is 21.7 Å². The van der Waals surface area contributed by atoms with E-state index in [9.17, 15) is 4.79 Å². The molecule has 122 valence electrons. The zero-order chi connectivity index (χ0) is 16.2. The molecule has 2 aromatic rings. The van der Waals surface area contributed by atoms with Crippen molar-refractivity contribution in [1.82, 2.24) is 10.3 Å². The van der Waals surface area contributed by atoms with Crippen molar-refractivity contribution in [1.29, 1.82) is 0 Å². The number of para-hydroxylation sites is 1. The van der Waals surface area contributed by atoms with Gasteiger partial charge in [0.2, 0.25) is 0 Å². The molecule has 0 radical (unpaired) electrons. The number of hydrogen-bond acceptors (Lipinski definition) is 3. The molecule has 1 aromatic heterocycles. The molecule has 1 fully saturated rings. The minimum absolute atomic E-state index is 0.532. The molecule has 0 bridgehead atoms. The number of pyridine rings is 1. The Labute approximate surface area is 140 Å². The lowest BCUT2D eigenvalue weighted by atomic mass is 9.93. The number of aromatic nitrogens is 1. The van der Waals surface area contributed by atoms with Crippen molar-refractivity contribution in [3.05, 3.63) is 35.4 Å². The van der Waals surface area contributed by atoms with Crippen LogP contribution < -0.4 is 10.2 Å². The third kappa shape index (κ3) is 3.85. The van der Waals surface area contributed by atoms with Crippen LogP contribution in [0, 0.1) is 5.92 Å². The summed E-state index contributed by atoms with van der Waals surface area (Å²) in [5, 5.41) is 12.8. The van der Waals surface area contributed by atoms with Crippen LogP contribution in [0.1, 0.15) is 19.3 Å². The maximum Gasteiger partial charge on any atom is 0.404 e. The molecule has 1 aliphatic rings. The number of amides is 1. The second kappa shape index (κ2) is 7.04. The summed E-state index contributed by atoms with van der Waals surface area (Å²) >= 11 is 6.24. The van der Waals surface area contributed by atoms with Gasteiger partial charge < -0.3 is 15.3 Å². The number of carboxylic acid groups (broad SMARTS) is 1. The Bertz CT molecular complexity index is 699. The highest BCUT2D eigenvalue weighted by molar-refractivity contribution is 6.35. The molecule has 0 spiro atoms. The molecule has 23 heavy (non-hydrogen) atoms. The zero-order valence-electron chi connectivity index (χ0n) is 12.8. The third-order valence-corrected chi connectivity index (χ3v) is 4.73. The molecular formula is C17H20ClN3O2. The Kier molecular flexibility index (Phi) is 4.86. The Morgan fingerprint density at radius 1 is 1.30 bits per heavy atom. The van der Waals surface area contributed by atoms with Gasteiger partial charge in [0.25, 0.3) is 0 Å². The average molecular weight is 334 g/mol. The maximum atomic E-state index is 10.5. The molecule has 6 heteroatoms. The van der Waals surface area contributed by atoms with Crippen molar-refractivity contribution in [3.8, 4) is 0 Å². The van der Waals surface area contributed by atoms with Gasteiger partial charge >= 0.3 is 6.09 Å². The quantitative estimate of drug-likeness (QED) is 0.894. The third-order valence-electron chi connectivity index (χ3n) is 4.42. The van der Waals surface area contributed by atoms with E-state index in [1.807, 2.05) is 24.3 Å². The van der Waals surface area contributed by atoms with Crippen LogP contribution in [0.5, 0.6) is 0 Å². The van der Waals surface area contributed by atoms with Crippen LogP contribution in [-0.2, 0) is 0 Å². The topological polar surface area (TPSA) is 65.5 Å². The van der Waals surface area contributed by atoms with Gasteiger partial charge in [-0.25, -0.2) is 9.78 Å². The second-order valence-electron chi connectivity index (χ2n) is 5.93. The number of carbonyl (C=O) groups is 1. The number of halogens is 1. The van der Waals surface area contributed by atoms with Crippen molar-refractivity contribution in [3.63, 3.8) is 0 Å². The minimum Gasteiger partial charge on any atom is -0.465 e. The van der Waals surface area contributed by atoms with Crippen molar-refractivity contribution >= 4 is 34.4 Å². The number of nitrogens with zero attached hydrogens (tertiary/aromatic N) is 2. The van der Waals surface area contributed by atoms with Crippen molar-refractivity contribution < 1.29 is 9.90 Å². The van der Waals surface area contributed by atoms with Gasteiger partial charge in [-0.15, -0.1) is 0 Å². The maximum absolute atomic E-state index is 10.5. The summed E-state index contributed by atoms with van der Waals surface area (Å²) in [6, 6.07) is 9.92. The largest absolute Gasteiger partial charge is 0.465 e. The normalized spacial score (nSPS) is 15.8. The van der Waals surface area contributed by atoms with E-state index in [1.54, 1.807) is 0 Å². The van der Waals surface area contributed by atoms with E-state index < -0.39 is 6.09 Å². The first-order valence-electron chi connectivity index (χ1n) is 7.90. The lowest BCUT2D eigenvalue weighted by molar-refractivity contribution is 0.193.